The Balaban J connectivity index is 1.72. The maximum atomic E-state index is 6.12. The summed E-state index contributed by atoms with van der Waals surface area (Å²) in [5, 5.41) is 3.39. The van der Waals surface area contributed by atoms with Crippen molar-refractivity contribution in [3.8, 4) is 0 Å². The number of nitrogens with one attached hydrogen (secondary N) is 1. The first-order chi connectivity index (χ1) is 7.38. The van der Waals surface area contributed by atoms with E-state index in [1.807, 2.05) is 7.11 Å². The average molecular weight is 213 g/mol. The third-order valence-corrected chi connectivity index (χ3v) is 3.55. The van der Waals surface area contributed by atoms with Gasteiger partial charge in [0.05, 0.1) is 18.3 Å². The number of methoxy groups -OCH3 is 1. The predicted molar refractivity (Wildman–Crippen MR) is 60.0 cm³/mol. The standard InChI is InChI=1S/C12H23NO2/c1-14-10-4-2-5-11(8-10)15-12-6-3-7-13-9-12/h10-13H,2-9H2,1H3/t10-,11-,12+/m1/s1. The van der Waals surface area contributed by atoms with E-state index < -0.39 is 0 Å². The molecule has 1 aliphatic carbocycles. The molecule has 2 fully saturated rings. The van der Waals surface area contributed by atoms with Crippen molar-refractivity contribution in [2.45, 2.75) is 56.8 Å². The fraction of sp³-hybridized carbons (Fsp3) is 1.00. The van der Waals surface area contributed by atoms with E-state index in [1.165, 1.54) is 32.1 Å². The molecule has 2 rings (SSSR count). The first kappa shape index (κ1) is 11.4. The van der Waals surface area contributed by atoms with Gasteiger partial charge in [0, 0.05) is 13.7 Å². The largest absolute Gasteiger partial charge is 0.381 e. The van der Waals surface area contributed by atoms with Crippen LogP contribution >= 0.6 is 0 Å². The lowest BCUT2D eigenvalue weighted by molar-refractivity contribution is -0.0704. The third-order valence-electron chi connectivity index (χ3n) is 3.55. The van der Waals surface area contributed by atoms with E-state index in [1.54, 1.807) is 0 Å². The average Bonchev–Trinajstić information content (AvgIpc) is 2.31. The van der Waals surface area contributed by atoms with Gasteiger partial charge in [-0.15, -0.1) is 0 Å². The van der Waals surface area contributed by atoms with Crippen LogP contribution in [-0.4, -0.2) is 38.5 Å². The molecule has 0 amide bonds. The second kappa shape index (κ2) is 5.83. The summed E-state index contributed by atoms with van der Waals surface area (Å²) in [5.74, 6) is 0. The first-order valence-corrected chi connectivity index (χ1v) is 6.27. The monoisotopic (exact) mass is 213 g/mol. The Labute approximate surface area is 92.5 Å². The Bertz CT molecular complexity index is 180. The number of ether oxygens (including phenoxy) is 2. The van der Waals surface area contributed by atoms with E-state index in [9.17, 15) is 0 Å². The second-order valence-electron chi connectivity index (χ2n) is 4.75. The van der Waals surface area contributed by atoms with Crippen LogP contribution in [0.25, 0.3) is 0 Å². The Morgan fingerprint density at radius 2 is 1.80 bits per heavy atom. The summed E-state index contributed by atoms with van der Waals surface area (Å²) in [4.78, 5) is 0. The molecule has 1 saturated heterocycles. The fourth-order valence-corrected chi connectivity index (χ4v) is 2.65. The summed E-state index contributed by atoms with van der Waals surface area (Å²) in [6.07, 6.45) is 8.56. The predicted octanol–water partition coefficient (Wildman–Crippen LogP) is 1.71. The lowest BCUT2D eigenvalue weighted by Crippen LogP contribution is -2.39. The highest BCUT2D eigenvalue weighted by molar-refractivity contribution is 4.77. The van der Waals surface area contributed by atoms with Crippen molar-refractivity contribution < 1.29 is 9.47 Å². The summed E-state index contributed by atoms with van der Waals surface area (Å²) in [6, 6.07) is 0. The molecule has 0 aromatic heterocycles. The van der Waals surface area contributed by atoms with Gasteiger partial charge in [-0.05, 0) is 45.1 Å². The SMILES string of the molecule is CO[C@@H]1CCC[C@@H](O[C@H]2CCCNC2)C1. The van der Waals surface area contributed by atoms with Crippen LogP contribution in [0.3, 0.4) is 0 Å². The molecule has 88 valence electrons. The van der Waals surface area contributed by atoms with Crippen LogP contribution in [0.4, 0.5) is 0 Å². The molecule has 1 N–H and O–H groups in total. The molecular formula is C12H23NO2. The molecule has 0 aromatic rings. The maximum Gasteiger partial charge on any atom is 0.0703 e. The van der Waals surface area contributed by atoms with E-state index in [0.717, 1.165) is 19.5 Å². The minimum atomic E-state index is 0.431. The van der Waals surface area contributed by atoms with Gasteiger partial charge in [0.1, 0.15) is 0 Å². The van der Waals surface area contributed by atoms with Gasteiger partial charge in [0.15, 0.2) is 0 Å². The molecule has 1 aliphatic heterocycles. The third kappa shape index (κ3) is 3.44. The Hall–Kier alpha value is -0.120. The van der Waals surface area contributed by atoms with Crippen LogP contribution < -0.4 is 5.32 Å². The van der Waals surface area contributed by atoms with Crippen LogP contribution in [-0.2, 0) is 9.47 Å². The zero-order chi connectivity index (χ0) is 10.5. The highest BCUT2D eigenvalue weighted by Gasteiger charge is 2.25. The zero-order valence-corrected chi connectivity index (χ0v) is 9.71. The highest BCUT2D eigenvalue weighted by Crippen LogP contribution is 2.25. The number of hydrogen-bond acceptors (Lipinski definition) is 3. The van der Waals surface area contributed by atoms with Gasteiger partial charge in [-0.1, -0.05) is 0 Å². The van der Waals surface area contributed by atoms with Crippen LogP contribution in [0, 0.1) is 0 Å². The number of rotatable bonds is 3. The summed E-state index contributed by atoms with van der Waals surface area (Å²) in [7, 11) is 1.81. The Kier molecular flexibility index (Phi) is 4.42. The second-order valence-corrected chi connectivity index (χ2v) is 4.75. The van der Waals surface area contributed by atoms with Crippen LogP contribution in [0.1, 0.15) is 38.5 Å². The lowest BCUT2D eigenvalue weighted by Gasteiger charge is -2.33. The molecule has 0 spiro atoms. The van der Waals surface area contributed by atoms with Gasteiger partial charge in [-0.25, -0.2) is 0 Å². The van der Waals surface area contributed by atoms with Gasteiger partial charge in [-0.2, -0.15) is 0 Å². The molecule has 3 atom stereocenters. The van der Waals surface area contributed by atoms with Gasteiger partial charge in [0.2, 0.25) is 0 Å². The van der Waals surface area contributed by atoms with Crippen molar-refractivity contribution in [3.63, 3.8) is 0 Å². The first-order valence-electron chi connectivity index (χ1n) is 6.27. The molecule has 0 bridgehead atoms. The summed E-state index contributed by atoms with van der Waals surface area (Å²) in [5.41, 5.74) is 0. The normalized spacial score (nSPS) is 37.8. The van der Waals surface area contributed by atoms with E-state index >= 15 is 0 Å². The van der Waals surface area contributed by atoms with Gasteiger partial charge in [0.25, 0.3) is 0 Å². The van der Waals surface area contributed by atoms with Gasteiger partial charge < -0.3 is 14.8 Å². The van der Waals surface area contributed by atoms with Gasteiger partial charge in [-0.3, -0.25) is 0 Å². The maximum absolute atomic E-state index is 6.12. The number of hydrogen-bond donors (Lipinski definition) is 1. The van der Waals surface area contributed by atoms with Crippen LogP contribution in [0.5, 0.6) is 0 Å². The smallest absolute Gasteiger partial charge is 0.0703 e. The molecule has 15 heavy (non-hydrogen) atoms. The van der Waals surface area contributed by atoms with Crippen molar-refractivity contribution in [1.82, 2.24) is 5.32 Å². The molecule has 0 aromatic carbocycles. The molecule has 0 radical (unpaired) electrons. The molecule has 2 aliphatic rings. The van der Waals surface area contributed by atoms with Crippen LogP contribution in [0.2, 0.25) is 0 Å². The van der Waals surface area contributed by atoms with Crippen molar-refractivity contribution in [1.29, 1.82) is 0 Å². The van der Waals surface area contributed by atoms with Crippen molar-refractivity contribution in [3.05, 3.63) is 0 Å². The molecule has 3 heteroatoms. The number of piperidine rings is 1. The van der Waals surface area contributed by atoms with E-state index in [0.29, 0.717) is 18.3 Å². The Morgan fingerprint density at radius 1 is 1.00 bits per heavy atom. The van der Waals surface area contributed by atoms with Crippen molar-refractivity contribution in [2.24, 2.45) is 0 Å². The quantitative estimate of drug-likeness (QED) is 0.774. The minimum absolute atomic E-state index is 0.431. The Morgan fingerprint density at radius 3 is 2.53 bits per heavy atom. The van der Waals surface area contributed by atoms with E-state index in [-0.39, 0.29) is 0 Å². The molecule has 3 nitrogen and oxygen atoms in total. The van der Waals surface area contributed by atoms with E-state index in [4.69, 9.17) is 9.47 Å². The van der Waals surface area contributed by atoms with Crippen molar-refractivity contribution >= 4 is 0 Å². The highest BCUT2D eigenvalue weighted by atomic mass is 16.5. The van der Waals surface area contributed by atoms with E-state index in [2.05, 4.69) is 5.32 Å². The molecular weight excluding hydrogens is 190 g/mol. The molecule has 1 saturated carbocycles. The topological polar surface area (TPSA) is 30.5 Å². The lowest BCUT2D eigenvalue weighted by atomic mass is 9.94. The summed E-state index contributed by atoms with van der Waals surface area (Å²) in [6.45, 7) is 2.19. The van der Waals surface area contributed by atoms with Crippen molar-refractivity contribution in [2.75, 3.05) is 20.2 Å². The summed E-state index contributed by atoms with van der Waals surface area (Å²) < 4.78 is 11.5. The fourth-order valence-electron chi connectivity index (χ4n) is 2.65. The molecule has 0 unspecified atom stereocenters. The minimum Gasteiger partial charge on any atom is -0.381 e. The molecule has 1 heterocycles. The van der Waals surface area contributed by atoms with Gasteiger partial charge >= 0.3 is 0 Å². The zero-order valence-electron chi connectivity index (χ0n) is 9.71. The summed E-state index contributed by atoms with van der Waals surface area (Å²) >= 11 is 0. The van der Waals surface area contributed by atoms with Crippen LogP contribution in [0.15, 0.2) is 0 Å².